The second-order valence-corrected chi connectivity index (χ2v) is 7.93. The van der Waals surface area contributed by atoms with Crippen molar-refractivity contribution in [2.24, 2.45) is 0 Å². The fraction of sp³-hybridized carbons (Fsp3) is 0.273. The summed E-state index contributed by atoms with van der Waals surface area (Å²) in [7, 11) is 1.36. The number of esters is 1. The molecule has 1 heterocycles. The van der Waals surface area contributed by atoms with Crippen molar-refractivity contribution >= 4 is 23.8 Å². The molecule has 2 N–H and O–H groups in total. The van der Waals surface area contributed by atoms with Gasteiger partial charge in [0.05, 0.1) is 18.7 Å². The number of rotatable bonds is 5. The van der Waals surface area contributed by atoms with E-state index < -0.39 is 12.0 Å². The van der Waals surface area contributed by atoms with Gasteiger partial charge in [-0.1, -0.05) is 41.5 Å². The minimum absolute atomic E-state index is 0.322. The van der Waals surface area contributed by atoms with Crippen LogP contribution in [0.1, 0.15) is 28.3 Å². The highest BCUT2D eigenvalue weighted by Crippen LogP contribution is 2.32. The molecule has 0 aliphatic carbocycles. The van der Waals surface area contributed by atoms with Gasteiger partial charge in [-0.25, -0.2) is 9.59 Å². The average Bonchev–Trinajstić information content (AvgIpc) is 2.66. The number of carbonyl (C=O) groups is 2. The Morgan fingerprint density at radius 2 is 1.75 bits per heavy atom. The number of carbonyl (C=O) groups excluding carboxylic acids is 2. The van der Waals surface area contributed by atoms with Gasteiger partial charge in [0, 0.05) is 16.3 Å². The molecule has 2 amide bonds. The van der Waals surface area contributed by atoms with Crippen LogP contribution in [0.25, 0.3) is 0 Å². The second-order valence-electron chi connectivity index (χ2n) is 6.88. The molecule has 0 fully saturated rings. The van der Waals surface area contributed by atoms with E-state index in [-0.39, 0.29) is 6.03 Å². The quantitative estimate of drug-likeness (QED) is 0.588. The van der Waals surface area contributed by atoms with Crippen LogP contribution in [0, 0.1) is 20.8 Å². The Bertz CT molecular complexity index is 935. The molecule has 6 heteroatoms. The summed E-state index contributed by atoms with van der Waals surface area (Å²) in [5.41, 5.74) is 5.22. The van der Waals surface area contributed by atoms with Crippen LogP contribution in [-0.2, 0) is 9.53 Å². The Labute approximate surface area is 169 Å². The van der Waals surface area contributed by atoms with Crippen molar-refractivity contribution in [1.82, 2.24) is 10.6 Å². The third-order valence-corrected chi connectivity index (χ3v) is 5.74. The molecule has 0 saturated heterocycles. The van der Waals surface area contributed by atoms with E-state index >= 15 is 0 Å². The number of nitrogens with one attached hydrogen (secondary N) is 2. The van der Waals surface area contributed by atoms with Gasteiger partial charge < -0.3 is 15.4 Å². The molecule has 1 aliphatic heterocycles. The number of aryl methyl sites for hydroxylation is 3. The van der Waals surface area contributed by atoms with E-state index in [2.05, 4.69) is 10.6 Å². The van der Waals surface area contributed by atoms with Gasteiger partial charge in [-0.2, -0.15) is 0 Å². The van der Waals surface area contributed by atoms with E-state index in [9.17, 15) is 9.59 Å². The summed E-state index contributed by atoms with van der Waals surface area (Å²) >= 11 is 1.57. The summed E-state index contributed by atoms with van der Waals surface area (Å²) < 4.78 is 5.04. The number of methoxy groups -OCH3 is 1. The third-order valence-electron chi connectivity index (χ3n) is 4.70. The summed E-state index contributed by atoms with van der Waals surface area (Å²) in [5, 5.41) is 5.68. The number of ether oxygens (including phenoxy) is 1. The number of thioether (sulfide) groups is 1. The van der Waals surface area contributed by atoms with Crippen LogP contribution in [0.4, 0.5) is 4.79 Å². The van der Waals surface area contributed by atoms with Crippen molar-refractivity contribution in [3.8, 4) is 0 Å². The van der Waals surface area contributed by atoms with Crippen molar-refractivity contribution in [3.63, 3.8) is 0 Å². The van der Waals surface area contributed by atoms with E-state index in [1.54, 1.807) is 11.8 Å². The number of benzene rings is 2. The van der Waals surface area contributed by atoms with Crippen LogP contribution in [0.5, 0.6) is 0 Å². The summed E-state index contributed by atoms with van der Waals surface area (Å²) in [6, 6.07) is 13.2. The van der Waals surface area contributed by atoms with Crippen molar-refractivity contribution in [3.05, 3.63) is 76.0 Å². The van der Waals surface area contributed by atoms with Crippen molar-refractivity contribution in [2.75, 3.05) is 12.9 Å². The molecular weight excluding hydrogens is 372 g/mol. The van der Waals surface area contributed by atoms with Crippen molar-refractivity contribution in [1.29, 1.82) is 0 Å². The van der Waals surface area contributed by atoms with Crippen LogP contribution in [0.15, 0.2) is 58.6 Å². The molecule has 0 saturated carbocycles. The van der Waals surface area contributed by atoms with Crippen LogP contribution in [0.3, 0.4) is 0 Å². The molecule has 2 aromatic carbocycles. The van der Waals surface area contributed by atoms with E-state index in [1.807, 2.05) is 63.2 Å². The fourth-order valence-electron chi connectivity index (χ4n) is 3.26. The normalized spacial score (nSPS) is 16.4. The van der Waals surface area contributed by atoms with Crippen LogP contribution < -0.4 is 10.6 Å². The molecule has 0 bridgehead atoms. The lowest BCUT2D eigenvalue weighted by Gasteiger charge is -2.30. The molecule has 0 spiro atoms. The molecule has 1 aliphatic rings. The van der Waals surface area contributed by atoms with E-state index in [0.717, 1.165) is 21.6 Å². The fourth-order valence-corrected chi connectivity index (χ4v) is 4.12. The summed E-state index contributed by atoms with van der Waals surface area (Å²) in [6.07, 6.45) is 0. The maximum absolute atomic E-state index is 12.6. The Balaban J connectivity index is 1.98. The molecule has 1 unspecified atom stereocenters. The zero-order valence-corrected chi connectivity index (χ0v) is 17.3. The molecule has 1 atom stereocenters. The smallest absolute Gasteiger partial charge is 0.338 e. The standard InChI is InChI=1S/C22H24N2O3S/c1-13-5-8-16(9-6-13)28-12-18-19(21(25)27-4)20(24-22(26)23-18)17-10-7-14(2)11-15(17)3/h5-11,20H,12H2,1-4H3,(H2,23,24,26). The van der Waals surface area contributed by atoms with E-state index in [4.69, 9.17) is 4.74 Å². The number of hydrogen-bond acceptors (Lipinski definition) is 4. The van der Waals surface area contributed by atoms with Gasteiger partial charge in [0.25, 0.3) is 0 Å². The zero-order chi connectivity index (χ0) is 20.3. The predicted molar refractivity (Wildman–Crippen MR) is 111 cm³/mol. The van der Waals surface area contributed by atoms with Crippen LogP contribution in [0.2, 0.25) is 0 Å². The first kappa shape index (κ1) is 20.0. The molecule has 2 aromatic rings. The third kappa shape index (κ3) is 4.39. The molecule has 28 heavy (non-hydrogen) atoms. The first-order chi connectivity index (χ1) is 13.4. The summed E-state index contributed by atoms with van der Waals surface area (Å²) in [5.74, 6) is 0.0134. The Hall–Kier alpha value is -2.73. The van der Waals surface area contributed by atoms with Crippen molar-refractivity contribution < 1.29 is 14.3 Å². The average molecular weight is 397 g/mol. The SMILES string of the molecule is COC(=O)C1=C(CSc2ccc(C)cc2)NC(=O)NC1c1ccc(C)cc1C. The minimum atomic E-state index is -0.546. The van der Waals surface area contributed by atoms with Gasteiger partial charge in [0.2, 0.25) is 0 Å². The maximum atomic E-state index is 12.6. The minimum Gasteiger partial charge on any atom is -0.466 e. The topological polar surface area (TPSA) is 67.4 Å². The predicted octanol–water partition coefficient (Wildman–Crippen LogP) is 4.19. The second kappa shape index (κ2) is 8.52. The van der Waals surface area contributed by atoms with E-state index in [0.29, 0.717) is 17.0 Å². The van der Waals surface area contributed by atoms with Gasteiger partial charge in [-0.3, -0.25) is 0 Å². The highest BCUT2D eigenvalue weighted by atomic mass is 32.2. The van der Waals surface area contributed by atoms with Crippen LogP contribution >= 0.6 is 11.8 Å². The number of urea groups is 1. The lowest BCUT2D eigenvalue weighted by molar-refractivity contribution is -0.136. The van der Waals surface area contributed by atoms with E-state index in [1.165, 1.54) is 12.7 Å². The van der Waals surface area contributed by atoms with Crippen LogP contribution in [-0.4, -0.2) is 24.9 Å². The maximum Gasteiger partial charge on any atom is 0.338 e. The summed E-state index contributed by atoms with van der Waals surface area (Å²) in [6.45, 7) is 6.03. The van der Waals surface area contributed by atoms with Gasteiger partial charge in [0.1, 0.15) is 0 Å². The largest absolute Gasteiger partial charge is 0.466 e. The Kier molecular flexibility index (Phi) is 6.09. The zero-order valence-electron chi connectivity index (χ0n) is 16.5. The van der Waals surface area contributed by atoms with Gasteiger partial charge in [-0.15, -0.1) is 11.8 Å². The first-order valence-corrected chi connectivity index (χ1v) is 10.0. The molecule has 0 aromatic heterocycles. The number of hydrogen-bond donors (Lipinski definition) is 2. The monoisotopic (exact) mass is 396 g/mol. The summed E-state index contributed by atoms with van der Waals surface area (Å²) in [4.78, 5) is 26.0. The molecule has 146 valence electrons. The Morgan fingerprint density at radius 1 is 1.07 bits per heavy atom. The Morgan fingerprint density at radius 3 is 2.39 bits per heavy atom. The lowest BCUT2D eigenvalue weighted by atomic mass is 9.91. The van der Waals surface area contributed by atoms with Gasteiger partial charge in [-0.05, 0) is 44.0 Å². The highest BCUT2D eigenvalue weighted by molar-refractivity contribution is 7.99. The van der Waals surface area contributed by atoms with Gasteiger partial charge in [0.15, 0.2) is 0 Å². The van der Waals surface area contributed by atoms with Gasteiger partial charge >= 0.3 is 12.0 Å². The molecular formula is C22H24N2O3S. The number of amides is 2. The van der Waals surface area contributed by atoms with Crippen molar-refractivity contribution in [2.45, 2.75) is 31.7 Å². The highest BCUT2D eigenvalue weighted by Gasteiger charge is 2.34. The lowest BCUT2D eigenvalue weighted by Crippen LogP contribution is -2.46. The first-order valence-electron chi connectivity index (χ1n) is 9.04. The molecule has 5 nitrogen and oxygen atoms in total. The molecule has 0 radical (unpaired) electrons. The molecule has 3 rings (SSSR count).